The molecule has 0 bridgehead atoms. The van der Waals surface area contributed by atoms with E-state index in [1.807, 2.05) is 12.1 Å². The Morgan fingerprint density at radius 2 is 1.64 bits per heavy atom. The predicted octanol–water partition coefficient (Wildman–Crippen LogP) is 6.62. The molecule has 0 unspecified atom stereocenters. The molecule has 17 heteroatoms. The molecule has 2 fully saturated rings. The number of amides is 1. The van der Waals surface area contributed by atoms with Crippen LogP contribution in [0.2, 0.25) is 5.02 Å². The van der Waals surface area contributed by atoms with E-state index < -0.39 is 42.3 Å². The number of ether oxygens (including phenoxy) is 2. The highest BCUT2D eigenvalue weighted by Crippen LogP contribution is 2.48. The van der Waals surface area contributed by atoms with E-state index in [1.165, 1.54) is 25.0 Å². The number of aromatic nitrogens is 3. The molecule has 13 nitrogen and oxygen atoms in total. The van der Waals surface area contributed by atoms with Crippen LogP contribution in [0.5, 0.6) is 6.01 Å². The maximum absolute atomic E-state index is 13.3. The van der Waals surface area contributed by atoms with Gasteiger partial charge in [0.15, 0.2) is 6.61 Å². The first-order chi connectivity index (χ1) is 26.8. The molecule has 0 spiro atoms. The van der Waals surface area contributed by atoms with Crippen molar-refractivity contribution in [2.24, 2.45) is 0 Å². The Labute approximate surface area is 327 Å². The van der Waals surface area contributed by atoms with E-state index in [0.29, 0.717) is 27.7 Å². The molecule has 5 N–H and O–H groups in total. The van der Waals surface area contributed by atoms with Gasteiger partial charge in [-0.1, -0.05) is 56.0 Å². The van der Waals surface area contributed by atoms with Gasteiger partial charge in [0.2, 0.25) is 17.7 Å². The third-order valence-electron chi connectivity index (χ3n) is 9.75. The lowest BCUT2D eigenvalue weighted by molar-refractivity contribution is -0.154. The molecule has 1 aromatic heterocycles. The van der Waals surface area contributed by atoms with Crippen LogP contribution in [0, 0.1) is 0 Å². The smallest absolute Gasteiger partial charge is 0.422 e. The predicted molar refractivity (Wildman–Crippen MR) is 203 cm³/mol. The highest BCUT2D eigenvalue weighted by Gasteiger charge is 2.45. The standard InChI is InChI=1S/C39H44ClF3N8O5/c1-3-55-34(54)29(18-21-44-31-30(23(2)32(31)52)45-27-8-6-4-5-7-9-27)47-33(53)24-10-16-28(17-11-24)46-35-48-36(50-37(49-35)56-22-39(41,42)43)51-38(19-20-38)25-12-14-26(40)15-13-25/h10-17,27,29,44-45H,2-9,18-22H2,1H3,(H,47,53)(H2,46,48,49,50,51)/t29-/m0/s1. The fraction of sp³-hybridized carbons (Fsp3) is 0.436. The lowest BCUT2D eigenvalue weighted by atomic mass is 9.91. The average Bonchev–Trinajstić information content (AvgIpc) is 3.99. The fourth-order valence-corrected chi connectivity index (χ4v) is 6.73. The molecule has 2 aromatic carbocycles. The quantitative estimate of drug-likeness (QED) is 0.0564. The van der Waals surface area contributed by atoms with Crippen molar-refractivity contribution in [3.05, 3.63) is 88.2 Å². The van der Waals surface area contributed by atoms with Crippen molar-refractivity contribution < 1.29 is 37.0 Å². The number of ketones is 1. The number of nitrogens with one attached hydrogen (secondary N) is 5. The Hall–Kier alpha value is -5.38. The molecule has 0 radical (unpaired) electrons. The number of anilines is 3. The topological polar surface area (TPSA) is 168 Å². The number of Topliss-reactive ketones (excluding diaryl/α,β-unsaturated/α-hetero) is 1. The van der Waals surface area contributed by atoms with E-state index >= 15 is 0 Å². The molecule has 1 amide bonds. The molecule has 3 aliphatic carbocycles. The molecule has 1 heterocycles. The number of halogens is 4. The lowest BCUT2D eigenvalue weighted by Gasteiger charge is -2.30. The van der Waals surface area contributed by atoms with E-state index in [9.17, 15) is 27.6 Å². The molecule has 0 saturated heterocycles. The Balaban J connectivity index is 1.10. The SMILES string of the molecule is C=C1C(=O)C(NCC[C@H](NC(=O)c2ccc(Nc3nc(NC4(c5ccc(Cl)cc5)CC4)nc(OCC(F)(F)F)n3)cc2)C(=O)OCC)=C1NC1CCCCCC1. The fourth-order valence-electron chi connectivity index (χ4n) is 6.60. The van der Waals surface area contributed by atoms with E-state index in [-0.39, 0.29) is 48.9 Å². The second-order valence-corrected chi connectivity index (χ2v) is 14.4. The molecular formula is C39H44ClF3N8O5. The first-order valence-electron chi connectivity index (χ1n) is 18.7. The Morgan fingerprint density at radius 3 is 2.29 bits per heavy atom. The minimum Gasteiger partial charge on any atom is -0.464 e. The number of allylic oxidation sites excluding steroid dienone is 2. The van der Waals surface area contributed by atoms with Gasteiger partial charge in [-0.2, -0.15) is 28.1 Å². The second-order valence-electron chi connectivity index (χ2n) is 14.0. The van der Waals surface area contributed by atoms with Crippen LogP contribution in [0.4, 0.5) is 30.8 Å². The molecule has 56 heavy (non-hydrogen) atoms. The van der Waals surface area contributed by atoms with Gasteiger partial charge < -0.3 is 36.1 Å². The van der Waals surface area contributed by atoms with Crippen LogP contribution in [-0.4, -0.2) is 70.6 Å². The van der Waals surface area contributed by atoms with E-state index in [0.717, 1.165) is 44.1 Å². The average molecular weight is 797 g/mol. The van der Waals surface area contributed by atoms with Crippen LogP contribution >= 0.6 is 11.6 Å². The number of nitrogens with zero attached hydrogens (tertiary/aromatic N) is 3. The van der Waals surface area contributed by atoms with E-state index in [4.69, 9.17) is 21.1 Å². The Kier molecular flexibility index (Phi) is 12.7. The number of benzene rings is 2. The maximum atomic E-state index is 13.3. The normalized spacial score (nSPS) is 17.2. The molecule has 2 saturated carbocycles. The van der Waals surface area contributed by atoms with Gasteiger partial charge in [0.05, 0.1) is 17.8 Å². The van der Waals surface area contributed by atoms with E-state index in [2.05, 4.69) is 48.1 Å². The van der Waals surface area contributed by atoms with Gasteiger partial charge in [-0.25, -0.2) is 4.79 Å². The Bertz CT molecular complexity index is 1950. The highest BCUT2D eigenvalue weighted by atomic mass is 35.5. The monoisotopic (exact) mass is 796 g/mol. The van der Waals surface area contributed by atoms with Crippen LogP contribution in [-0.2, 0) is 19.9 Å². The van der Waals surface area contributed by atoms with Gasteiger partial charge in [0.25, 0.3) is 5.91 Å². The van der Waals surface area contributed by atoms with Gasteiger partial charge in [0.1, 0.15) is 11.7 Å². The van der Waals surface area contributed by atoms with Crippen molar-refractivity contribution in [3.63, 3.8) is 0 Å². The Morgan fingerprint density at radius 1 is 0.964 bits per heavy atom. The summed E-state index contributed by atoms with van der Waals surface area (Å²) in [5, 5.41) is 16.0. The summed E-state index contributed by atoms with van der Waals surface area (Å²) >= 11 is 6.05. The van der Waals surface area contributed by atoms with Crippen LogP contribution in [0.1, 0.15) is 80.6 Å². The van der Waals surface area contributed by atoms with Crippen LogP contribution in [0.15, 0.2) is 72.1 Å². The zero-order valence-corrected chi connectivity index (χ0v) is 31.6. The molecule has 3 aromatic rings. The third kappa shape index (κ3) is 10.5. The van der Waals surface area contributed by atoms with Gasteiger partial charge in [0, 0.05) is 34.4 Å². The van der Waals surface area contributed by atoms with Crippen molar-refractivity contribution in [1.82, 2.24) is 30.9 Å². The number of hydrogen-bond donors (Lipinski definition) is 5. The van der Waals surface area contributed by atoms with Crippen molar-refractivity contribution in [1.29, 1.82) is 0 Å². The number of rotatable bonds is 17. The number of esters is 1. The van der Waals surface area contributed by atoms with Crippen molar-refractivity contribution in [2.45, 2.75) is 88.5 Å². The van der Waals surface area contributed by atoms with Gasteiger partial charge >= 0.3 is 18.2 Å². The second kappa shape index (κ2) is 17.6. The highest BCUT2D eigenvalue weighted by molar-refractivity contribution is 6.30. The van der Waals surface area contributed by atoms with Gasteiger partial charge in [-0.05, 0) is 81.0 Å². The number of hydrogen-bond acceptors (Lipinski definition) is 12. The zero-order chi connectivity index (χ0) is 39.9. The zero-order valence-electron chi connectivity index (χ0n) is 30.9. The lowest BCUT2D eigenvalue weighted by Crippen LogP contribution is -2.45. The summed E-state index contributed by atoms with van der Waals surface area (Å²) in [6.07, 6.45) is 3.68. The molecule has 1 atom stereocenters. The van der Waals surface area contributed by atoms with Crippen LogP contribution in [0.25, 0.3) is 0 Å². The summed E-state index contributed by atoms with van der Waals surface area (Å²) in [4.78, 5) is 51.3. The van der Waals surface area contributed by atoms with Crippen molar-refractivity contribution in [2.75, 3.05) is 30.4 Å². The minimum atomic E-state index is -4.62. The summed E-state index contributed by atoms with van der Waals surface area (Å²) in [5.41, 5.74) is 2.54. The summed E-state index contributed by atoms with van der Waals surface area (Å²) in [6, 6.07) is 12.0. The van der Waals surface area contributed by atoms with Gasteiger partial charge in [-0.15, -0.1) is 0 Å². The van der Waals surface area contributed by atoms with E-state index in [1.54, 1.807) is 31.2 Å². The maximum Gasteiger partial charge on any atom is 0.422 e. The van der Waals surface area contributed by atoms with Crippen molar-refractivity contribution in [3.8, 4) is 6.01 Å². The first kappa shape index (κ1) is 40.3. The third-order valence-corrected chi connectivity index (χ3v) is 10.0. The first-order valence-corrected chi connectivity index (χ1v) is 19.0. The largest absolute Gasteiger partial charge is 0.464 e. The van der Waals surface area contributed by atoms with Crippen molar-refractivity contribution >= 4 is 46.8 Å². The number of carbonyl (C=O) groups excluding carboxylic acids is 3. The summed E-state index contributed by atoms with van der Waals surface area (Å²) in [5.74, 6) is -1.47. The minimum absolute atomic E-state index is 0.00219. The summed E-state index contributed by atoms with van der Waals surface area (Å²) in [7, 11) is 0. The number of carbonyl (C=O) groups is 3. The van der Waals surface area contributed by atoms with Crippen LogP contribution < -0.4 is 31.3 Å². The number of alkyl halides is 3. The molecule has 298 valence electrons. The van der Waals surface area contributed by atoms with Crippen LogP contribution in [0.3, 0.4) is 0 Å². The van der Waals surface area contributed by atoms with Gasteiger partial charge in [-0.3, -0.25) is 9.59 Å². The molecule has 3 aliphatic rings. The molecule has 6 rings (SSSR count). The molecular weight excluding hydrogens is 753 g/mol. The molecule has 0 aliphatic heterocycles. The summed E-state index contributed by atoms with van der Waals surface area (Å²) in [6.45, 7) is 4.28. The summed E-state index contributed by atoms with van der Waals surface area (Å²) < 4.78 is 49.1.